The zero-order valence-electron chi connectivity index (χ0n) is 18.1. The van der Waals surface area contributed by atoms with E-state index in [4.69, 9.17) is 11.6 Å². The summed E-state index contributed by atoms with van der Waals surface area (Å²) in [7, 11) is -1.31. The maximum absolute atomic E-state index is 12.9. The molecule has 2 aliphatic rings. The van der Waals surface area contributed by atoms with Gasteiger partial charge in [-0.25, -0.2) is 8.42 Å². The van der Waals surface area contributed by atoms with Crippen molar-refractivity contribution in [3.8, 4) is 0 Å². The third kappa shape index (κ3) is 4.67. The molecular formula is C21H25ClN4O4S2. The van der Waals surface area contributed by atoms with Crippen LogP contribution in [0.5, 0.6) is 0 Å². The van der Waals surface area contributed by atoms with E-state index in [2.05, 4.69) is 10.4 Å². The average molecular weight is 497 g/mol. The van der Waals surface area contributed by atoms with Gasteiger partial charge in [0.05, 0.1) is 34.2 Å². The Hall–Kier alpha value is -2.04. The maximum atomic E-state index is 12.9. The summed E-state index contributed by atoms with van der Waals surface area (Å²) in [5.41, 5.74) is 3.23. The summed E-state index contributed by atoms with van der Waals surface area (Å²) in [5.74, 6) is -0.0800. The van der Waals surface area contributed by atoms with Crippen LogP contribution < -0.4 is 5.32 Å². The quantitative estimate of drug-likeness (QED) is 0.682. The lowest BCUT2D eigenvalue weighted by Crippen LogP contribution is -2.35. The highest BCUT2D eigenvalue weighted by atomic mass is 35.5. The second-order valence-corrected chi connectivity index (χ2v) is 12.3. The second-order valence-electron chi connectivity index (χ2n) is 8.34. The lowest BCUT2D eigenvalue weighted by Gasteiger charge is -2.26. The number of sulfone groups is 1. The van der Waals surface area contributed by atoms with Crippen LogP contribution in [0.2, 0.25) is 5.02 Å². The first-order chi connectivity index (χ1) is 15.0. The third-order valence-electron chi connectivity index (χ3n) is 5.97. The van der Waals surface area contributed by atoms with E-state index in [1.165, 1.54) is 11.8 Å². The van der Waals surface area contributed by atoms with Crippen molar-refractivity contribution >= 4 is 50.7 Å². The molecule has 1 N–H and O–H groups in total. The number of benzene rings is 1. The van der Waals surface area contributed by atoms with Crippen molar-refractivity contribution in [3.63, 3.8) is 0 Å². The average Bonchev–Trinajstić information content (AvgIpc) is 3.21. The Morgan fingerprint density at radius 3 is 2.81 bits per heavy atom. The van der Waals surface area contributed by atoms with Gasteiger partial charge in [0.15, 0.2) is 9.84 Å². The molecule has 2 atom stereocenters. The van der Waals surface area contributed by atoms with Crippen LogP contribution in [0.15, 0.2) is 23.1 Å². The Morgan fingerprint density at radius 2 is 2.12 bits per heavy atom. The first kappa shape index (κ1) is 23.1. The summed E-state index contributed by atoms with van der Waals surface area (Å²) in [6.45, 7) is 4.12. The summed E-state index contributed by atoms with van der Waals surface area (Å²) in [6.07, 6.45) is 0.626. The van der Waals surface area contributed by atoms with Crippen LogP contribution in [0.25, 0.3) is 0 Å². The van der Waals surface area contributed by atoms with E-state index in [9.17, 15) is 18.0 Å². The number of anilines is 1. The molecule has 4 rings (SSSR count). The van der Waals surface area contributed by atoms with Crippen LogP contribution in [0.4, 0.5) is 5.69 Å². The Kier molecular flexibility index (Phi) is 6.30. The number of carbonyl (C=O) groups is 2. The van der Waals surface area contributed by atoms with Crippen molar-refractivity contribution in [1.29, 1.82) is 0 Å². The number of rotatable bonds is 5. The molecule has 0 spiro atoms. The van der Waals surface area contributed by atoms with Gasteiger partial charge in [-0.1, -0.05) is 11.6 Å². The molecule has 2 amide bonds. The van der Waals surface area contributed by atoms with Gasteiger partial charge in [-0.3, -0.25) is 14.3 Å². The molecule has 2 aromatic rings. The van der Waals surface area contributed by atoms with Gasteiger partial charge in [-0.2, -0.15) is 5.10 Å². The predicted molar refractivity (Wildman–Crippen MR) is 125 cm³/mol. The first-order valence-electron chi connectivity index (χ1n) is 10.3. The molecule has 1 aromatic carbocycles. The van der Waals surface area contributed by atoms with Crippen molar-refractivity contribution in [1.82, 2.24) is 14.7 Å². The van der Waals surface area contributed by atoms with Crippen LogP contribution in [0, 0.1) is 13.8 Å². The van der Waals surface area contributed by atoms with Crippen LogP contribution in [0.1, 0.15) is 35.8 Å². The number of fused-ring (bicyclic) bond motifs is 1. The molecule has 0 radical (unpaired) electrons. The summed E-state index contributed by atoms with van der Waals surface area (Å²) < 4.78 is 25.5. The topological polar surface area (TPSA) is 101 Å². The number of nitrogens with one attached hydrogen (secondary N) is 1. The zero-order valence-corrected chi connectivity index (χ0v) is 20.5. The maximum Gasteiger partial charge on any atom is 0.238 e. The molecule has 3 heterocycles. The molecule has 11 heteroatoms. The summed E-state index contributed by atoms with van der Waals surface area (Å²) in [6, 6.07) is 5.14. The minimum atomic E-state index is -3.02. The van der Waals surface area contributed by atoms with E-state index < -0.39 is 15.1 Å². The smallest absolute Gasteiger partial charge is 0.238 e. The van der Waals surface area contributed by atoms with Crippen molar-refractivity contribution < 1.29 is 18.0 Å². The van der Waals surface area contributed by atoms with Gasteiger partial charge in [0.25, 0.3) is 0 Å². The van der Waals surface area contributed by atoms with Crippen LogP contribution in [-0.2, 0) is 26.0 Å². The van der Waals surface area contributed by atoms with E-state index >= 15 is 0 Å². The van der Waals surface area contributed by atoms with Gasteiger partial charge in [-0.05, 0) is 38.5 Å². The Labute approximate surface area is 196 Å². The Morgan fingerprint density at radius 1 is 1.38 bits per heavy atom. The number of hydrogen-bond acceptors (Lipinski definition) is 6. The van der Waals surface area contributed by atoms with Crippen molar-refractivity contribution in [2.75, 3.05) is 23.9 Å². The second kappa shape index (κ2) is 8.72. The fourth-order valence-corrected chi connectivity index (χ4v) is 7.09. The minimum Gasteiger partial charge on any atom is -0.341 e. The van der Waals surface area contributed by atoms with Crippen molar-refractivity contribution in [2.45, 2.75) is 49.4 Å². The van der Waals surface area contributed by atoms with E-state index in [0.29, 0.717) is 23.7 Å². The molecule has 1 saturated heterocycles. The predicted octanol–water partition coefficient (Wildman–Crippen LogP) is 2.97. The molecular weight excluding hydrogens is 472 g/mol. The van der Waals surface area contributed by atoms with Crippen molar-refractivity contribution in [2.24, 2.45) is 0 Å². The lowest BCUT2D eigenvalue weighted by molar-refractivity contribution is -0.131. The fraction of sp³-hybridized carbons (Fsp3) is 0.476. The Bertz CT molecular complexity index is 1190. The fourth-order valence-electron chi connectivity index (χ4n) is 4.15. The molecule has 1 fully saturated rings. The number of amides is 2. The molecule has 8 nitrogen and oxygen atoms in total. The SMILES string of the molecule is Cc1nn([C@H]2CCS(=O)(=O)C2)c(C)c1CN(C)C(=O)C[C@H]1Sc2ccc(Cl)cc2NC1=O. The van der Waals surface area contributed by atoms with Crippen LogP contribution in [-0.4, -0.2) is 58.7 Å². The van der Waals surface area contributed by atoms with Crippen LogP contribution in [0.3, 0.4) is 0 Å². The normalized spacial score (nSPS) is 21.8. The molecule has 0 aliphatic carbocycles. The molecule has 2 aliphatic heterocycles. The number of carbonyl (C=O) groups excluding carboxylic acids is 2. The van der Waals surface area contributed by atoms with Gasteiger partial charge in [0, 0.05) is 41.2 Å². The number of aromatic nitrogens is 2. The summed E-state index contributed by atoms with van der Waals surface area (Å²) in [4.78, 5) is 27.9. The van der Waals surface area contributed by atoms with E-state index in [1.54, 1.807) is 28.8 Å². The van der Waals surface area contributed by atoms with Gasteiger partial charge in [-0.15, -0.1) is 11.8 Å². The number of hydrogen-bond donors (Lipinski definition) is 1. The molecule has 172 valence electrons. The van der Waals surface area contributed by atoms with E-state index in [1.807, 2.05) is 19.9 Å². The number of halogens is 1. The van der Waals surface area contributed by atoms with E-state index in [-0.39, 0.29) is 35.8 Å². The highest BCUT2D eigenvalue weighted by molar-refractivity contribution is 8.01. The highest BCUT2D eigenvalue weighted by Crippen LogP contribution is 2.38. The minimum absolute atomic E-state index is 0.0716. The van der Waals surface area contributed by atoms with Crippen molar-refractivity contribution in [3.05, 3.63) is 40.2 Å². The van der Waals surface area contributed by atoms with Gasteiger partial charge in [0.1, 0.15) is 0 Å². The third-order valence-corrected chi connectivity index (χ3v) is 9.23. The molecule has 32 heavy (non-hydrogen) atoms. The number of aryl methyl sites for hydroxylation is 1. The number of thioether (sulfide) groups is 1. The highest BCUT2D eigenvalue weighted by Gasteiger charge is 2.33. The standard InChI is InChI=1S/C21H25ClN4O4S2/c1-12-16(13(2)26(24-12)15-6-7-32(29,30)11-15)10-25(3)20(27)9-19-21(28)23-17-8-14(22)4-5-18(17)31-19/h4-5,8,15,19H,6-7,9-11H2,1-3H3,(H,23,28)/t15-,19+/m0/s1. The number of nitrogens with zero attached hydrogens (tertiary/aromatic N) is 3. The molecule has 0 unspecified atom stereocenters. The largest absolute Gasteiger partial charge is 0.341 e. The van der Waals surface area contributed by atoms with Gasteiger partial charge < -0.3 is 10.2 Å². The van der Waals surface area contributed by atoms with Crippen LogP contribution >= 0.6 is 23.4 Å². The molecule has 0 bridgehead atoms. The monoisotopic (exact) mass is 496 g/mol. The summed E-state index contributed by atoms with van der Waals surface area (Å²) >= 11 is 7.35. The molecule has 0 saturated carbocycles. The van der Waals surface area contributed by atoms with E-state index in [0.717, 1.165) is 21.8 Å². The molecule has 1 aromatic heterocycles. The lowest BCUT2D eigenvalue weighted by atomic mass is 10.1. The van der Waals surface area contributed by atoms with Gasteiger partial charge >= 0.3 is 0 Å². The Balaban J connectivity index is 1.43. The van der Waals surface area contributed by atoms with Gasteiger partial charge in [0.2, 0.25) is 11.8 Å². The first-order valence-corrected chi connectivity index (χ1v) is 13.4. The zero-order chi connectivity index (χ0) is 23.2. The summed E-state index contributed by atoms with van der Waals surface area (Å²) in [5, 5.41) is 7.41.